The standard InChI is InChI=1S/C19H16ClNO4/c1-19(23,18(22)24-2)16(20)15-13-10-6-7-11-14(13)21-17(25-15)12-8-4-3-5-9-12/h3-11,23H,1-2H3/b16-15-. The maximum Gasteiger partial charge on any atom is 0.343 e. The molecule has 25 heavy (non-hydrogen) atoms. The Morgan fingerprint density at radius 3 is 2.48 bits per heavy atom. The molecule has 2 aromatic carbocycles. The number of benzene rings is 2. The van der Waals surface area contributed by atoms with Gasteiger partial charge in [0.1, 0.15) is 5.03 Å². The second-order valence-electron chi connectivity index (χ2n) is 5.61. The number of carbonyl (C=O) groups excluding carboxylic acids is 1. The van der Waals surface area contributed by atoms with Crippen molar-refractivity contribution >= 4 is 34.9 Å². The molecule has 6 heteroatoms. The van der Waals surface area contributed by atoms with Crippen molar-refractivity contribution < 1.29 is 19.4 Å². The molecule has 1 atom stereocenters. The molecule has 3 rings (SSSR count). The lowest BCUT2D eigenvalue weighted by molar-refractivity contribution is -0.156. The average molecular weight is 358 g/mol. The number of aliphatic imine (C=N–C) groups is 1. The van der Waals surface area contributed by atoms with Crippen LogP contribution in [-0.2, 0) is 14.3 Å². The summed E-state index contributed by atoms with van der Waals surface area (Å²) in [6.45, 7) is 1.26. The van der Waals surface area contributed by atoms with E-state index in [-0.39, 0.29) is 10.8 Å². The molecule has 0 saturated heterocycles. The van der Waals surface area contributed by atoms with E-state index < -0.39 is 11.6 Å². The summed E-state index contributed by atoms with van der Waals surface area (Å²) < 4.78 is 10.5. The van der Waals surface area contributed by atoms with E-state index in [0.717, 1.165) is 5.56 Å². The number of esters is 1. The highest BCUT2D eigenvalue weighted by Gasteiger charge is 2.40. The number of methoxy groups -OCH3 is 1. The molecule has 2 aromatic rings. The zero-order valence-electron chi connectivity index (χ0n) is 13.7. The zero-order chi connectivity index (χ0) is 18.0. The fourth-order valence-corrected chi connectivity index (χ4v) is 2.64. The van der Waals surface area contributed by atoms with Crippen molar-refractivity contribution in [2.75, 3.05) is 7.11 Å². The van der Waals surface area contributed by atoms with Crippen LogP contribution in [0.2, 0.25) is 0 Å². The van der Waals surface area contributed by atoms with Crippen LogP contribution in [0.15, 0.2) is 64.6 Å². The van der Waals surface area contributed by atoms with Gasteiger partial charge < -0.3 is 14.6 Å². The Balaban J connectivity index is 2.17. The molecule has 1 unspecified atom stereocenters. The Labute approximate surface area is 150 Å². The van der Waals surface area contributed by atoms with Crippen LogP contribution in [0.1, 0.15) is 18.1 Å². The predicted molar refractivity (Wildman–Crippen MR) is 95.6 cm³/mol. The first-order chi connectivity index (χ1) is 11.9. The van der Waals surface area contributed by atoms with E-state index in [1.165, 1.54) is 14.0 Å². The van der Waals surface area contributed by atoms with Gasteiger partial charge in [-0.2, -0.15) is 0 Å². The lowest BCUT2D eigenvalue weighted by Crippen LogP contribution is -2.37. The molecule has 0 amide bonds. The van der Waals surface area contributed by atoms with Crippen molar-refractivity contribution in [1.29, 1.82) is 0 Å². The van der Waals surface area contributed by atoms with Gasteiger partial charge in [-0.25, -0.2) is 9.79 Å². The molecule has 128 valence electrons. The van der Waals surface area contributed by atoms with Crippen molar-refractivity contribution in [3.63, 3.8) is 0 Å². The molecule has 0 spiro atoms. The average Bonchev–Trinajstić information content (AvgIpc) is 2.66. The van der Waals surface area contributed by atoms with Gasteiger partial charge in [-0.1, -0.05) is 41.9 Å². The van der Waals surface area contributed by atoms with Crippen LogP contribution in [0.3, 0.4) is 0 Å². The van der Waals surface area contributed by atoms with Crippen LogP contribution in [0.25, 0.3) is 5.76 Å². The minimum atomic E-state index is -2.04. The minimum Gasteiger partial charge on any atom is -0.467 e. The summed E-state index contributed by atoms with van der Waals surface area (Å²) in [4.78, 5) is 16.4. The van der Waals surface area contributed by atoms with E-state index in [1.54, 1.807) is 18.2 Å². The second-order valence-corrected chi connectivity index (χ2v) is 5.99. The summed E-state index contributed by atoms with van der Waals surface area (Å²) in [5.41, 5.74) is -0.0906. The maximum atomic E-state index is 11.9. The third-order valence-electron chi connectivity index (χ3n) is 3.80. The second kappa shape index (κ2) is 6.70. The fourth-order valence-electron chi connectivity index (χ4n) is 2.42. The fraction of sp³-hybridized carbons (Fsp3) is 0.158. The first kappa shape index (κ1) is 17.2. The monoisotopic (exact) mass is 357 g/mol. The number of para-hydroxylation sites is 1. The van der Waals surface area contributed by atoms with Crippen molar-refractivity contribution in [3.05, 3.63) is 70.8 Å². The van der Waals surface area contributed by atoms with Crippen molar-refractivity contribution in [3.8, 4) is 0 Å². The smallest absolute Gasteiger partial charge is 0.343 e. The number of nitrogens with zero attached hydrogens (tertiary/aromatic N) is 1. The largest absolute Gasteiger partial charge is 0.467 e. The molecule has 0 saturated carbocycles. The van der Waals surface area contributed by atoms with Gasteiger partial charge in [0.25, 0.3) is 0 Å². The molecule has 0 fully saturated rings. The van der Waals surface area contributed by atoms with Gasteiger partial charge in [-0.15, -0.1) is 0 Å². The van der Waals surface area contributed by atoms with Crippen LogP contribution in [-0.4, -0.2) is 29.7 Å². The van der Waals surface area contributed by atoms with Crippen LogP contribution in [0.4, 0.5) is 5.69 Å². The number of carbonyl (C=O) groups is 1. The third-order valence-corrected chi connectivity index (χ3v) is 4.34. The van der Waals surface area contributed by atoms with E-state index >= 15 is 0 Å². The Kier molecular flexibility index (Phi) is 4.61. The molecule has 1 heterocycles. The highest BCUT2D eigenvalue weighted by atomic mass is 35.5. The highest BCUT2D eigenvalue weighted by Crippen LogP contribution is 2.39. The minimum absolute atomic E-state index is 0.168. The molecule has 0 radical (unpaired) electrons. The summed E-state index contributed by atoms with van der Waals surface area (Å²) in [5.74, 6) is -0.385. The van der Waals surface area contributed by atoms with Gasteiger partial charge >= 0.3 is 5.97 Å². The molecule has 0 aliphatic carbocycles. The van der Waals surface area contributed by atoms with E-state index in [1.807, 2.05) is 36.4 Å². The number of rotatable bonds is 3. The van der Waals surface area contributed by atoms with E-state index in [4.69, 9.17) is 16.3 Å². The van der Waals surface area contributed by atoms with Crippen LogP contribution >= 0.6 is 11.6 Å². The molecule has 1 aliphatic rings. The number of hydrogen-bond donors (Lipinski definition) is 1. The molecule has 1 aliphatic heterocycles. The van der Waals surface area contributed by atoms with E-state index in [9.17, 15) is 9.90 Å². The van der Waals surface area contributed by atoms with Crippen molar-refractivity contribution in [2.24, 2.45) is 4.99 Å². The normalized spacial score (nSPS) is 17.5. The number of halogens is 1. The van der Waals surface area contributed by atoms with Gasteiger partial charge in [0.15, 0.2) is 11.4 Å². The van der Waals surface area contributed by atoms with Crippen LogP contribution in [0.5, 0.6) is 0 Å². The maximum absolute atomic E-state index is 11.9. The Morgan fingerprint density at radius 1 is 1.16 bits per heavy atom. The van der Waals surface area contributed by atoms with Crippen LogP contribution < -0.4 is 0 Å². The van der Waals surface area contributed by atoms with Gasteiger partial charge in [0, 0.05) is 11.1 Å². The summed E-state index contributed by atoms with van der Waals surface area (Å²) in [6.07, 6.45) is 0. The van der Waals surface area contributed by atoms with Crippen molar-refractivity contribution in [1.82, 2.24) is 0 Å². The van der Waals surface area contributed by atoms with E-state index in [0.29, 0.717) is 17.1 Å². The third kappa shape index (κ3) is 3.16. The Bertz CT molecular complexity index is 872. The number of ether oxygens (including phenoxy) is 2. The highest BCUT2D eigenvalue weighted by molar-refractivity contribution is 6.35. The first-order valence-corrected chi connectivity index (χ1v) is 7.95. The van der Waals surface area contributed by atoms with Gasteiger partial charge in [-0.05, 0) is 31.2 Å². The summed E-state index contributed by atoms with van der Waals surface area (Å²) >= 11 is 6.35. The quantitative estimate of drug-likeness (QED) is 0.852. The van der Waals surface area contributed by atoms with Gasteiger partial charge in [-0.3, -0.25) is 0 Å². The Morgan fingerprint density at radius 2 is 1.80 bits per heavy atom. The number of hydrogen-bond acceptors (Lipinski definition) is 5. The van der Waals surface area contributed by atoms with Crippen molar-refractivity contribution in [2.45, 2.75) is 12.5 Å². The van der Waals surface area contributed by atoms with Gasteiger partial charge in [0.05, 0.1) is 12.8 Å². The summed E-state index contributed by atoms with van der Waals surface area (Å²) in [5, 5.41) is 10.3. The topological polar surface area (TPSA) is 68.1 Å². The molecule has 0 aromatic heterocycles. The number of fused-ring (bicyclic) bond motifs is 1. The zero-order valence-corrected chi connectivity index (χ0v) is 14.4. The predicted octanol–water partition coefficient (Wildman–Crippen LogP) is 3.63. The molecule has 5 nitrogen and oxygen atoms in total. The summed E-state index contributed by atoms with van der Waals surface area (Å²) in [7, 11) is 1.18. The van der Waals surface area contributed by atoms with E-state index in [2.05, 4.69) is 9.73 Å². The molecular formula is C19H16ClNO4. The number of aliphatic hydroxyl groups is 1. The Hall–Kier alpha value is -2.63. The lowest BCUT2D eigenvalue weighted by Gasteiger charge is -2.25. The van der Waals surface area contributed by atoms with Gasteiger partial charge in [0.2, 0.25) is 5.90 Å². The lowest BCUT2D eigenvalue weighted by atomic mass is 10.0. The molecular weight excluding hydrogens is 342 g/mol. The summed E-state index contributed by atoms with van der Waals surface area (Å²) in [6, 6.07) is 16.5. The van der Waals surface area contributed by atoms with Crippen LogP contribution in [0, 0.1) is 0 Å². The molecule has 1 N–H and O–H groups in total. The first-order valence-electron chi connectivity index (χ1n) is 7.57. The molecule has 0 bridgehead atoms. The SMILES string of the molecule is COC(=O)C(C)(O)/C(Cl)=C1/OC(c2ccccc2)=Nc2ccccc21.